The summed E-state index contributed by atoms with van der Waals surface area (Å²) in [5.74, 6) is 0.169. The quantitative estimate of drug-likeness (QED) is 0.914. The van der Waals surface area contributed by atoms with Crippen molar-refractivity contribution < 1.29 is 9.50 Å². The lowest BCUT2D eigenvalue weighted by Crippen LogP contribution is -2.33. The van der Waals surface area contributed by atoms with Crippen LogP contribution in [0, 0.1) is 17.1 Å². The maximum atomic E-state index is 13.9. The Morgan fingerprint density at radius 1 is 1.29 bits per heavy atom. The summed E-state index contributed by atoms with van der Waals surface area (Å²) in [6, 6.07) is 8.59. The molecule has 1 aromatic carbocycles. The Morgan fingerprint density at radius 3 is 2.79 bits per heavy atom. The highest BCUT2D eigenvalue weighted by Crippen LogP contribution is 2.28. The van der Waals surface area contributed by atoms with Crippen molar-refractivity contribution in [2.24, 2.45) is 0 Å². The van der Waals surface area contributed by atoms with Crippen LogP contribution in [0.3, 0.4) is 0 Å². The molecule has 24 heavy (non-hydrogen) atoms. The summed E-state index contributed by atoms with van der Waals surface area (Å²) in [6.45, 7) is 2.90. The molecule has 2 aromatic rings. The van der Waals surface area contributed by atoms with Gasteiger partial charge in [-0.15, -0.1) is 0 Å². The SMILES string of the molecule is N#Cc1ccc(F)c(CN2CCC(c3ccnn3CCO)CC2)c1. The first-order valence-corrected chi connectivity index (χ1v) is 8.24. The van der Waals surface area contributed by atoms with E-state index in [0.717, 1.165) is 25.9 Å². The number of halogens is 1. The van der Waals surface area contributed by atoms with Crippen LogP contribution in [-0.4, -0.2) is 39.5 Å². The van der Waals surface area contributed by atoms with Gasteiger partial charge in [-0.1, -0.05) is 0 Å². The van der Waals surface area contributed by atoms with Crippen LogP contribution in [0.4, 0.5) is 4.39 Å². The van der Waals surface area contributed by atoms with E-state index in [1.807, 2.05) is 10.7 Å². The van der Waals surface area contributed by atoms with Crippen molar-refractivity contribution in [2.75, 3.05) is 19.7 Å². The number of rotatable bonds is 5. The van der Waals surface area contributed by atoms with E-state index < -0.39 is 0 Å². The van der Waals surface area contributed by atoms with Gasteiger partial charge in [-0.3, -0.25) is 9.58 Å². The van der Waals surface area contributed by atoms with E-state index in [9.17, 15) is 4.39 Å². The maximum Gasteiger partial charge on any atom is 0.127 e. The third-order valence-corrected chi connectivity index (χ3v) is 4.64. The third-order valence-electron chi connectivity index (χ3n) is 4.64. The second kappa shape index (κ2) is 7.56. The smallest absolute Gasteiger partial charge is 0.127 e. The summed E-state index contributed by atoms with van der Waals surface area (Å²) < 4.78 is 15.8. The minimum Gasteiger partial charge on any atom is -0.394 e. The van der Waals surface area contributed by atoms with Gasteiger partial charge in [0.05, 0.1) is 24.8 Å². The lowest BCUT2D eigenvalue weighted by molar-refractivity contribution is 0.197. The van der Waals surface area contributed by atoms with E-state index in [1.165, 1.54) is 17.8 Å². The molecule has 0 aliphatic carbocycles. The second-order valence-corrected chi connectivity index (χ2v) is 6.17. The minimum atomic E-state index is -0.253. The molecule has 5 nitrogen and oxygen atoms in total. The van der Waals surface area contributed by atoms with Gasteiger partial charge in [0.2, 0.25) is 0 Å². The highest BCUT2D eigenvalue weighted by Gasteiger charge is 2.23. The number of aliphatic hydroxyl groups is 1. The Hall–Kier alpha value is -2.23. The van der Waals surface area contributed by atoms with E-state index in [0.29, 0.717) is 30.1 Å². The molecule has 0 amide bonds. The molecule has 0 saturated carbocycles. The van der Waals surface area contributed by atoms with Gasteiger partial charge in [0, 0.05) is 29.9 Å². The fourth-order valence-electron chi connectivity index (χ4n) is 3.36. The van der Waals surface area contributed by atoms with Gasteiger partial charge in [0.25, 0.3) is 0 Å². The Morgan fingerprint density at radius 2 is 2.08 bits per heavy atom. The van der Waals surface area contributed by atoms with Gasteiger partial charge < -0.3 is 5.11 Å². The molecule has 1 saturated heterocycles. The van der Waals surface area contributed by atoms with E-state index in [-0.39, 0.29) is 12.4 Å². The number of benzene rings is 1. The first-order valence-electron chi connectivity index (χ1n) is 8.24. The van der Waals surface area contributed by atoms with Crippen molar-refractivity contribution in [2.45, 2.75) is 31.8 Å². The fraction of sp³-hybridized carbons (Fsp3) is 0.444. The minimum absolute atomic E-state index is 0.0854. The highest BCUT2D eigenvalue weighted by molar-refractivity contribution is 5.33. The fourth-order valence-corrected chi connectivity index (χ4v) is 3.36. The average molecular weight is 328 g/mol. The number of hydrogen-bond acceptors (Lipinski definition) is 4. The number of aromatic nitrogens is 2. The van der Waals surface area contributed by atoms with Gasteiger partial charge in [0.1, 0.15) is 5.82 Å². The monoisotopic (exact) mass is 328 g/mol. The van der Waals surface area contributed by atoms with Crippen molar-refractivity contribution in [3.05, 3.63) is 53.1 Å². The molecule has 6 heteroatoms. The summed E-state index contributed by atoms with van der Waals surface area (Å²) >= 11 is 0. The van der Waals surface area contributed by atoms with Gasteiger partial charge in [-0.2, -0.15) is 10.4 Å². The van der Waals surface area contributed by atoms with E-state index in [4.69, 9.17) is 10.4 Å². The lowest BCUT2D eigenvalue weighted by atomic mass is 9.93. The van der Waals surface area contributed by atoms with Crippen molar-refractivity contribution in [3.8, 4) is 6.07 Å². The Balaban J connectivity index is 1.61. The van der Waals surface area contributed by atoms with Crippen LogP contribution < -0.4 is 0 Å². The first-order chi connectivity index (χ1) is 11.7. The maximum absolute atomic E-state index is 13.9. The number of hydrogen-bond donors (Lipinski definition) is 1. The molecule has 1 fully saturated rings. The normalized spacial score (nSPS) is 16.2. The van der Waals surface area contributed by atoms with Crippen LogP contribution in [0.25, 0.3) is 0 Å². The topological polar surface area (TPSA) is 65.1 Å². The van der Waals surface area contributed by atoms with Crippen molar-refractivity contribution >= 4 is 0 Å². The Labute approximate surface area is 140 Å². The Bertz CT molecular complexity index is 729. The van der Waals surface area contributed by atoms with Crippen LogP contribution in [0.15, 0.2) is 30.5 Å². The predicted molar refractivity (Wildman–Crippen MR) is 87.7 cm³/mol. The number of likely N-dealkylation sites (tertiary alicyclic amines) is 1. The number of aliphatic hydroxyl groups excluding tert-OH is 1. The molecule has 1 aliphatic rings. The first kappa shape index (κ1) is 16.6. The summed E-state index contributed by atoms with van der Waals surface area (Å²) in [7, 11) is 0. The number of piperidine rings is 1. The van der Waals surface area contributed by atoms with Crippen molar-refractivity contribution in [3.63, 3.8) is 0 Å². The molecule has 3 rings (SSSR count). The zero-order valence-corrected chi connectivity index (χ0v) is 13.5. The molecule has 126 valence electrons. The summed E-state index contributed by atoms with van der Waals surface area (Å²) in [5.41, 5.74) is 2.24. The van der Waals surface area contributed by atoms with Gasteiger partial charge >= 0.3 is 0 Å². The lowest BCUT2D eigenvalue weighted by Gasteiger charge is -2.32. The molecular formula is C18H21FN4O. The zero-order valence-electron chi connectivity index (χ0n) is 13.5. The molecule has 1 N–H and O–H groups in total. The molecule has 0 bridgehead atoms. The largest absolute Gasteiger partial charge is 0.394 e. The third kappa shape index (κ3) is 3.64. The van der Waals surface area contributed by atoms with E-state index in [1.54, 1.807) is 12.3 Å². The van der Waals surface area contributed by atoms with Gasteiger partial charge in [-0.05, 0) is 50.2 Å². The van der Waals surface area contributed by atoms with Crippen LogP contribution >= 0.6 is 0 Å². The Kier molecular flexibility index (Phi) is 5.24. The van der Waals surface area contributed by atoms with Crippen LogP contribution in [0.2, 0.25) is 0 Å². The van der Waals surface area contributed by atoms with Gasteiger partial charge in [0.15, 0.2) is 0 Å². The zero-order chi connectivity index (χ0) is 16.9. The average Bonchev–Trinajstić information content (AvgIpc) is 3.06. The van der Waals surface area contributed by atoms with Crippen LogP contribution in [0.1, 0.15) is 35.6 Å². The summed E-state index contributed by atoms with van der Waals surface area (Å²) in [4.78, 5) is 2.23. The standard InChI is InChI=1S/C18H21FN4O/c19-17-2-1-14(12-20)11-16(17)13-22-7-4-15(5-8-22)18-3-6-21-23(18)9-10-24/h1-3,6,11,15,24H,4-5,7-10,13H2. The van der Waals surface area contributed by atoms with Crippen LogP contribution in [0.5, 0.6) is 0 Å². The molecule has 0 unspecified atom stereocenters. The molecule has 0 radical (unpaired) electrons. The predicted octanol–water partition coefficient (Wildman–Crippen LogP) is 2.27. The molecule has 2 heterocycles. The summed E-state index contributed by atoms with van der Waals surface area (Å²) in [6.07, 6.45) is 3.74. The van der Waals surface area contributed by atoms with Crippen molar-refractivity contribution in [1.29, 1.82) is 5.26 Å². The molecular weight excluding hydrogens is 307 g/mol. The summed E-state index contributed by atoms with van der Waals surface area (Å²) in [5, 5.41) is 22.3. The van der Waals surface area contributed by atoms with E-state index >= 15 is 0 Å². The van der Waals surface area contributed by atoms with E-state index in [2.05, 4.69) is 16.1 Å². The van der Waals surface area contributed by atoms with Crippen LogP contribution in [-0.2, 0) is 13.1 Å². The second-order valence-electron chi connectivity index (χ2n) is 6.17. The molecule has 0 spiro atoms. The van der Waals surface area contributed by atoms with Gasteiger partial charge in [-0.25, -0.2) is 4.39 Å². The number of nitriles is 1. The van der Waals surface area contributed by atoms with Crippen molar-refractivity contribution in [1.82, 2.24) is 14.7 Å². The molecule has 1 aromatic heterocycles. The molecule has 1 aliphatic heterocycles. The highest BCUT2D eigenvalue weighted by atomic mass is 19.1. The number of nitrogens with zero attached hydrogens (tertiary/aromatic N) is 4. The molecule has 0 atom stereocenters.